The molecule has 1 aliphatic rings. The van der Waals surface area contributed by atoms with Crippen molar-refractivity contribution >= 4 is 5.91 Å². The third-order valence-electron chi connectivity index (χ3n) is 3.99. The van der Waals surface area contributed by atoms with E-state index in [9.17, 15) is 4.79 Å². The van der Waals surface area contributed by atoms with Crippen molar-refractivity contribution in [3.8, 4) is 17.2 Å². The Morgan fingerprint density at radius 3 is 2.68 bits per heavy atom. The van der Waals surface area contributed by atoms with Crippen LogP contribution >= 0.6 is 0 Å². The predicted octanol–water partition coefficient (Wildman–Crippen LogP) is 3.15. The molecule has 0 unspecified atom stereocenters. The molecule has 0 aliphatic carbocycles. The molecular formula is C20H23NO4. The summed E-state index contributed by atoms with van der Waals surface area (Å²) in [4.78, 5) is 12.1. The number of benzene rings is 2. The van der Waals surface area contributed by atoms with Gasteiger partial charge in [0.05, 0.1) is 6.54 Å². The summed E-state index contributed by atoms with van der Waals surface area (Å²) in [5, 5.41) is 2.83. The molecule has 3 rings (SSSR count). The molecule has 1 atom stereocenters. The van der Waals surface area contributed by atoms with Crippen molar-refractivity contribution in [2.75, 3.05) is 19.8 Å². The van der Waals surface area contributed by atoms with Gasteiger partial charge in [-0.1, -0.05) is 44.2 Å². The fourth-order valence-corrected chi connectivity index (χ4v) is 2.67. The number of ether oxygens (including phenoxy) is 3. The monoisotopic (exact) mass is 341 g/mol. The number of hydrogen-bond acceptors (Lipinski definition) is 4. The van der Waals surface area contributed by atoms with Crippen LogP contribution in [0, 0.1) is 0 Å². The third-order valence-corrected chi connectivity index (χ3v) is 3.99. The van der Waals surface area contributed by atoms with Gasteiger partial charge in [0.2, 0.25) is 0 Å². The van der Waals surface area contributed by atoms with Crippen LogP contribution in [0.15, 0.2) is 48.5 Å². The molecule has 0 saturated heterocycles. The fraction of sp³-hybridized carbons (Fsp3) is 0.350. The molecule has 0 fully saturated rings. The topological polar surface area (TPSA) is 56.8 Å². The molecule has 1 N–H and O–H groups in total. The van der Waals surface area contributed by atoms with Crippen molar-refractivity contribution in [2.45, 2.75) is 25.9 Å². The summed E-state index contributed by atoms with van der Waals surface area (Å²) in [5.74, 6) is 2.35. The highest BCUT2D eigenvalue weighted by molar-refractivity contribution is 5.77. The second kappa shape index (κ2) is 7.92. The molecule has 25 heavy (non-hydrogen) atoms. The van der Waals surface area contributed by atoms with E-state index in [4.69, 9.17) is 14.2 Å². The molecule has 0 radical (unpaired) electrons. The summed E-state index contributed by atoms with van der Waals surface area (Å²) in [5.41, 5.74) is 1.09. The molecule has 132 valence electrons. The standard InChI is InChI=1S/C20H23NO4/c1-14(2)16-7-3-4-8-17(16)24-13-20(22)21-11-15-12-23-18-9-5-6-10-19(18)25-15/h3-10,14-15H,11-13H2,1-2H3,(H,21,22)/t15-/m0/s1. The average molecular weight is 341 g/mol. The van der Waals surface area contributed by atoms with Crippen molar-refractivity contribution in [2.24, 2.45) is 0 Å². The Morgan fingerprint density at radius 1 is 1.16 bits per heavy atom. The summed E-state index contributed by atoms with van der Waals surface area (Å²) in [6.07, 6.45) is -0.207. The molecule has 5 heteroatoms. The van der Waals surface area contributed by atoms with Crippen LogP contribution in [0.2, 0.25) is 0 Å². The Hall–Kier alpha value is -2.69. The lowest BCUT2D eigenvalue weighted by Crippen LogP contribution is -2.42. The molecule has 0 bridgehead atoms. The number of para-hydroxylation sites is 3. The van der Waals surface area contributed by atoms with Gasteiger partial charge in [0, 0.05) is 0 Å². The Kier molecular flexibility index (Phi) is 5.43. The normalized spacial score (nSPS) is 15.7. The molecule has 2 aromatic carbocycles. The smallest absolute Gasteiger partial charge is 0.258 e. The molecular weight excluding hydrogens is 318 g/mol. The predicted molar refractivity (Wildman–Crippen MR) is 95.4 cm³/mol. The highest BCUT2D eigenvalue weighted by Crippen LogP contribution is 2.30. The zero-order valence-electron chi connectivity index (χ0n) is 14.5. The van der Waals surface area contributed by atoms with Crippen molar-refractivity contribution in [3.05, 3.63) is 54.1 Å². The number of nitrogens with one attached hydrogen (secondary N) is 1. The van der Waals surface area contributed by atoms with Crippen LogP contribution in [0.3, 0.4) is 0 Å². The lowest BCUT2D eigenvalue weighted by molar-refractivity contribution is -0.123. The van der Waals surface area contributed by atoms with E-state index in [1.807, 2.05) is 48.5 Å². The maximum absolute atomic E-state index is 12.1. The molecule has 1 aliphatic heterocycles. The van der Waals surface area contributed by atoms with E-state index in [1.165, 1.54) is 0 Å². The number of carbonyl (C=O) groups is 1. The second-order valence-corrected chi connectivity index (χ2v) is 6.28. The highest BCUT2D eigenvalue weighted by Gasteiger charge is 2.21. The molecule has 0 aromatic heterocycles. The van der Waals surface area contributed by atoms with Gasteiger partial charge in [-0.2, -0.15) is 0 Å². The van der Waals surface area contributed by atoms with Gasteiger partial charge in [0.1, 0.15) is 18.5 Å². The Bertz CT molecular complexity index is 729. The third kappa shape index (κ3) is 4.44. The van der Waals surface area contributed by atoms with Gasteiger partial charge in [0.15, 0.2) is 18.1 Å². The number of hydrogen-bond donors (Lipinski definition) is 1. The Morgan fingerprint density at radius 2 is 1.88 bits per heavy atom. The molecule has 1 amide bonds. The minimum Gasteiger partial charge on any atom is -0.486 e. The van der Waals surface area contributed by atoms with Gasteiger partial charge in [0.25, 0.3) is 5.91 Å². The fourth-order valence-electron chi connectivity index (χ4n) is 2.67. The van der Waals surface area contributed by atoms with E-state index in [2.05, 4.69) is 19.2 Å². The van der Waals surface area contributed by atoms with E-state index in [0.29, 0.717) is 24.8 Å². The van der Waals surface area contributed by atoms with Crippen molar-refractivity contribution < 1.29 is 19.0 Å². The number of carbonyl (C=O) groups excluding carboxylic acids is 1. The first kappa shape index (κ1) is 17.1. The van der Waals surface area contributed by atoms with E-state index < -0.39 is 0 Å². The SMILES string of the molecule is CC(C)c1ccccc1OCC(=O)NC[C@H]1COc2ccccc2O1. The van der Waals surface area contributed by atoms with Crippen LogP contribution in [-0.4, -0.2) is 31.8 Å². The number of rotatable bonds is 6. The molecule has 0 spiro atoms. The van der Waals surface area contributed by atoms with Crippen LogP contribution in [0.5, 0.6) is 17.2 Å². The highest BCUT2D eigenvalue weighted by atomic mass is 16.6. The Balaban J connectivity index is 1.46. The lowest BCUT2D eigenvalue weighted by Gasteiger charge is -2.26. The van der Waals surface area contributed by atoms with Gasteiger partial charge < -0.3 is 19.5 Å². The summed E-state index contributed by atoms with van der Waals surface area (Å²) >= 11 is 0. The summed E-state index contributed by atoms with van der Waals surface area (Å²) < 4.78 is 17.1. The quantitative estimate of drug-likeness (QED) is 0.877. The molecule has 0 saturated carbocycles. The van der Waals surface area contributed by atoms with Crippen molar-refractivity contribution in [1.82, 2.24) is 5.32 Å². The van der Waals surface area contributed by atoms with E-state index >= 15 is 0 Å². The first-order valence-electron chi connectivity index (χ1n) is 8.50. The van der Waals surface area contributed by atoms with Crippen LogP contribution in [0.25, 0.3) is 0 Å². The summed E-state index contributed by atoms with van der Waals surface area (Å²) in [7, 11) is 0. The van der Waals surface area contributed by atoms with Gasteiger partial charge >= 0.3 is 0 Å². The lowest BCUT2D eigenvalue weighted by atomic mass is 10.0. The van der Waals surface area contributed by atoms with Crippen LogP contribution in [0.4, 0.5) is 0 Å². The van der Waals surface area contributed by atoms with Crippen LogP contribution in [0.1, 0.15) is 25.3 Å². The maximum atomic E-state index is 12.1. The maximum Gasteiger partial charge on any atom is 0.258 e. The van der Waals surface area contributed by atoms with E-state index in [1.54, 1.807) is 0 Å². The average Bonchev–Trinajstić information content (AvgIpc) is 2.64. The minimum atomic E-state index is -0.207. The summed E-state index contributed by atoms with van der Waals surface area (Å²) in [6, 6.07) is 15.3. The van der Waals surface area contributed by atoms with Gasteiger partial charge in [-0.05, 0) is 29.7 Å². The van der Waals surface area contributed by atoms with Crippen molar-refractivity contribution in [1.29, 1.82) is 0 Å². The largest absolute Gasteiger partial charge is 0.486 e. The molecule has 1 heterocycles. The zero-order valence-corrected chi connectivity index (χ0v) is 14.5. The first-order chi connectivity index (χ1) is 12.1. The first-order valence-corrected chi connectivity index (χ1v) is 8.50. The number of fused-ring (bicyclic) bond motifs is 1. The molecule has 2 aromatic rings. The van der Waals surface area contributed by atoms with Gasteiger partial charge in [-0.3, -0.25) is 4.79 Å². The van der Waals surface area contributed by atoms with Gasteiger partial charge in [-0.15, -0.1) is 0 Å². The van der Waals surface area contributed by atoms with Gasteiger partial charge in [-0.25, -0.2) is 0 Å². The minimum absolute atomic E-state index is 0.0199. The zero-order chi connectivity index (χ0) is 17.6. The number of amides is 1. The van der Waals surface area contributed by atoms with Crippen LogP contribution in [-0.2, 0) is 4.79 Å². The Labute approximate surface area is 147 Å². The molecule has 5 nitrogen and oxygen atoms in total. The van der Waals surface area contributed by atoms with E-state index in [-0.39, 0.29) is 18.6 Å². The summed E-state index contributed by atoms with van der Waals surface area (Å²) in [6.45, 7) is 4.96. The van der Waals surface area contributed by atoms with Crippen molar-refractivity contribution in [3.63, 3.8) is 0 Å². The van der Waals surface area contributed by atoms with Crippen LogP contribution < -0.4 is 19.5 Å². The van der Waals surface area contributed by atoms with E-state index in [0.717, 1.165) is 17.1 Å². The second-order valence-electron chi connectivity index (χ2n) is 6.28.